The Morgan fingerprint density at radius 1 is 1.12 bits per heavy atom. The first-order valence-corrected chi connectivity index (χ1v) is 8.63. The Labute approximate surface area is 169 Å². The van der Waals surface area contributed by atoms with Crippen LogP contribution in [0.5, 0.6) is 5.75 Å². The molecule has 0 bridgehead atoms. The number of hydrogen-bond donors (Lipinski definition) is 2. The predicted molar refractivity (Wildman–Crippen MR) is 115 cm³/mol. The van der Waals surface area contributed by atoms with Crippen molar-refractivity contribution < 1.29 is 9.47 Å². The van der Waals surface area contributed by atoms with Crippen molar-refractivity contribution in [1.82, 2.24) is 15.5 Å². The maximum Gasteiger partial charge on any atom is 0.191 e. The van der Waals surface area contributed by atoms with Crippen LogP contribution >= 0.6 is 24.0 Å². The molecule has 0 heterocycles. The molecule has 1 aromatic rings. The molecular weight excluding hydrogens is 431 g/mol. The lowest BCUT2D eigenvalue weighted by Gasteiger charge is -2.17. The van der Waals surface area contributed by atoms with Gasteiger partial charge >= 0.3 is 0 Å². The lowest BCUT2D eigenvalue weighted by Crippen LogP contribution is -2.41. The average Bonchev–Trinajstić information content (AvgIpc) is 2.60. The van der Waals surface area contributed by atoms with Gasteiger partial charge in [-0.05, 0) is 26.1 Å². The fourth-order valence-electron chi connectivity index (χ4n) is 2.03. The van der Waals surface area contributed by atoms with Crippen LogP contribution in [0.4, 0.5) is 0 Å². The van der Waals surface area contributed by atoms with Gasteiger partial charge in [-0.3, -0.25) is 4.99 Å². The predicted octanol–water partition coefficient (Wildman–Crippen LogP) is 2.21. The van der Waals surface area contributed by atoms with E-state index < -0.39 is 0 Å². The van der Waals surface area contributed by atoms with Gasteiger partial charge in [0.15, 0.2) is 5.96 Å². The van der Waals surface area contributed by atoms with Crippen molar-refractivity contribution >= 4 is 29.9 Å². The van der Waals surface area contributed by atoms with E-state index in [1.54, 1.807) is 7.11 Å². The first kappa shape index (κ1) is 23.9. The van der Waals surface area contributed by atoms with Gasteiger partial charge in [-0.2, -0.15) is 0 Å². The first-order valence-electron chi connectivity index (χ1n) is 8.63. The Kier molecular flexibility index (Phi) is 15.7. The molecule has 2 N–H and O–H groups in total. The SMILES string of the molecule is CCNC(=NCCCOc1ccccc1)NCCN(C)CCOC.I. The normalized spacial score (nSPS) is 11.1. The zero-order chi connectivity index (χ0) is 17.5. The van der Waals surface area contributed by atoms with Crippen LogP contribution in [0.3, 0.4) is 0 Å². The third kappa shape index (κ3) is 12.9. The van der Waals surface area contributed by atoms with Crippen molar-refractivity contribution in [2.24, 2.45) is 4.99 Å². The van der Waals surface area contributed by atoms with E-state index in [2.05, 4.69) is 34.5 Å². The molecule has 0 saturated heterocycles. The second-order valence-corrected chi connectivity index (χ2v) is 5.50. The van der Waals surface area contributed by atoms with Crippen molar-refractivity contribution in [3.05, 3.63) is 30.3 Å². The quantitative estimate of drug-likeness (QED) is 0.215. The summed E-state index contributed by atoms with van der Waals surface area (Å²) in [5.74, 6) is 1.77. The van der Waals surface area contributed by atoms with Gasteiger partial charge in [-0.15, -0.1) is 24.0 Å². The Hall–Kier alpha value is -1.06. The Bertz CT molecular complexity index is 446. The molecule has 0 aliphatic heterocycles. The number of rotatable bonds is 12. The number of guanidine groups is 1. The average molecular weight is 464 g/mol. The minimum absolute atomic E-state index is 0. The summed E-state index contributed by atoms with van der Waals surface area (Å²) in [6, 6.07) is 9.87. The van der Waals surface area contributed by atoms with Crippen LogP contribution in [-0.2, 0) is 4.74 Å². The van der Waals surface area contributed by atoms with Crippen LogP contribution in [-0.4, -0.2) is 71.0 Å². The number of nitrogens with zero attached hydrogens (tertiary/aromatic N) is 2. The zero-order valence-electron chi connectivity index (χ0n) is 15.7. The summed E-state index contributed by atoms with van der Waals surface area (Å²) in [4.78, 5) is 6.80. The van der Waals surface area contributed by atoms with E-state index in [-0.39, 0.29) is 24.0 Å². The zero-order valence-corrected chi connectivity index (χ0v) is 18.0. The van der Waals surface area contributed by atoms with Gasteiger partial charge in [-0.1, -0.05) is 18.2 Å². The molecular formula is C18H33IN4O2. The monoisotopic (exact) mass is 464 g/mol. The maximum absolute atomic E-state index is 5.67. The van der Waals surface area contributed by atoms with Gasteiger partial charge in [-0.25, -0.2) is 0 Å². The number of methoxy groups -OCH3 is 1. The van der Waals surface area contributed by atoms with E-state index in [9.17, 15) is 0 Å². The summed E-state index contributed by atoms with van der Waals surface area (Å²) in [5, 5.41) is 6.62. The van der Waals surface area contributed by atoms with E-state index in [0.717, 1.165) is 57.5 Å². The van der Waals surface area contributed by atoms with E-state index in [1.807, 2.05) is 30.3 Å². The molecule has 0 aliphatic carbocycles. The van der Waals surface area contributed by atoms with E-state index in [0.29, 0.717) is 6.61 Å². The van der Waals surface area contributed by atoms with Crippen molar-refractivity contribution in [2.75, 3.05) is 60.1 Å². The number of benzene rings is 1. The molecule has 1 aromatic carbocycles. The molecule has 0 saturated carbocycles. The van der Waals surface area contributed by atoms with Gasteiger partial charge in [0.2, 0.25) is 0 Å². The smallest absolute Gasteiger partial charge is 0.191 e. The van der Waals surface area contributed by atoms with Gasteiger partial charge < -0.3 is 25.0 Å². The topological polar surface area (TPSA) is 58.1 Å². The molecule has 0 atom stereocenters. The summed E-state index contributed by atoms with van der Waals surface area (Å²) in [5.41, 5.74) is 0. The summed E-state index contributed by atoms with van der Waals surface area (Å²) in [6.45, 7) is 7.83. The molecule has 0 spiro atoms. The number of ether oxygens (including phenoxy) is 2. The van der Waals surface area contributed by atoms with Gasteiger partial charge in [0, 0.05) is 46.3 Å². The summed E-state index contributed by atoms with van der Waals surface area (Å²) >= 11 is 0. The van der Waals surface area contributed by atoms with Crippen LogP contribution in [0.15, 0.2) is 35.3 Å². The second kappa shape index (κ2) is 16.4. The molecule has 0 aromatic heterocycles. The van der Waals surface area contributed by atoms with Gasteiger partial charge in [0.1, 0.15) is 5.75 Å². The second-order valence-electron chi connectivity index (χ2n) is 5.50. The summed E-state index contributed by atoms with van der Waals surface area (Å²) in [6.07, 6.45) is 0.888. The van der Waals surface area contributed by atoms with Crippen LogP contribution in [0, 0.1) is 0 Å². The van der Waals surface area contributed by atoms with Gasteiger partial charge in [0.05, 0.1) is 13.2 Å². The highest BCUT2D eigenvalue weighted by Gasteiger charge is 2.00. The highest BCUT2D eigenvalue weighted by Crippen LogP contribution is 2.08. The minimum atomic E-state index is 0. The maximum atomic E-state index is 5.67. The number of para-hydroxylation sites is 1. The van der Waals surface area contributed by atoms with Crippen molar-refractivity contribution in [1.29, 1.82) is 0 Å². The van der Waals surface area contributed by atoms with Gasteiger partial charge in [0.25, 0.3) is 0 Å². The molecule has 7 heteroatoms. The molecule has 144 valence electrons. The standard InChI is InChI=1S/C18H32N4O2.HI/c1-4-19-18(21-12-13-22(2)14-16-23-3)20-11-8-15-24-17-9-6-5-7-10-17;/h5-7,9-10H,4,8,11-16H2,1-3H3,(H2,19,20,21);1H. The number of nitrogens with one attached hydrogen (secondary N) is 2. The number of likely N-dealkylation sites (N-methyl/N-ethyl adjacent to an activating group) is 1. The van der Waals surface area contributed by atoms with Crippen molar-refractivity contribution in [3.8, 4) is 5.75 Å². The number of hydrogen-bond acceptors (Lipinski definition) is 4. The van der Waals surface area contributed by atoms with E-state index in [1.165, 1.54) is 0 Å². The lowest BCUT2D eigenvalue weighted by molar-refractivity contribution is 0.162. The highest BCUT2D eigenvalue weighted by molar-refractivity contribution is 14.0. The van der Waals surface area contributed by atoms with Crippen LogP contribution in [0.1, 0.15) is 13.3 Å². The molecule has 1 rings (SSSR count). The van der Waals surface area contributed by atoms with E-state index in [4.69, 9.17) is 9.47 Å². The number of halogens is 1. The first-order chi connectivity index (χ1) is 11.8. The largest absolute Gasteiger partial charge is 0.494 e. The molecule has 6 nitrogen and oxygen atoms in total. The summed E-state index contributed by atoms with van der Waals surface area (Å²) in [7, 11) is 3.81. The fraction of sp³-hybridized carbons (Fsp3) is 0.611. The van der Waals surface area contributed by atoms with Crippen molar-refractivity contribution in [3.63, 3.8) is 0 Å². The van der Waals surface area contributed by atoms with Crippen LogP contribution < -0.4 is 15.4 Å². The fourth-order valence-corrected chi connectivity index (χ4v) is 2.03. The molecule has 0 aliphatic rings. The van der Waals surface area contributed by atoms with E-state index >= 15 is 0 Å². The third-order valence-corrected chi connectivity index (χ3v) is 3.39. The molecule has 0 radical (unpaired) electrons. The third-order valence-electron chi connectivity index (χ3n) is 3.39. The molecule has 0 fully saturated rings. The number of aliphatic imine (C=N–C) groups is 1. The summed E-state index contributed by atoms with van der Waals surface area (Å²) < 4.78 is 10.7. The minimum Gasteiger partial charge on any atom is -0.494 e. The lowest BCUT2D eigenvalue weighted by atomic mass is 10.3. The van der Waals surface area contributed by atoms with Crippen LogP contribution in [0.2, 0.25) is 0 Å². The molecule has 0 unspecified atom stereocenters. The Balaban J connectivity index is 0.00000576. The van der Waals surface area contributed by atoms with Crippen LogP contribution in [0.25, 0.3) is 0 Å². The Morgan fingerprint density at radius 3 is 2.56 bits per heavy atom. The Morgan fingerprint density at radius 2 is 1.88 bits per heavy atom. The highest BCUT2D eigenvalue weighted by atomic mass is 127. The van der Waals surface area contributed by atoms with Crippen molar-refractivity contribution in [2.45, 2.75) is 13.3 Å². The molecule has 0 amide bonds. The molecule has 25 heavy (non-hydrogen) atoms.